The van der Waals surface area contributed by atoms with Crippen LogP contribution in [0.3, 0.4) is 0 Å². The monoisotopic (exact) mass is 370 g/mol. The van der Waals surface area contributed by atoms with Crippen LogP contribution in [-0.4, -0.2) is 29.3 Å². The minimum Gasteiger partial charge on any atom is -0.344 e. The third-order valence-electron chi connectivity index (χ3n) is 4.70. The van der Waals surface area contributed by atoms with Gasteiger partial charge in [0.25, 0.3) is 0 Å². The molecule has 138 valence electrons. The number of hydrogen-bond donors (Lipinski definition) is 1. The van der Waals surface area contributed by atoms with E-state index in [-0.39, 0.29) is 11.8 Å². The predicted molar refractivity (Wildman–Crippen MR) is 105 cm³/mol. The Morgan fingerprint density at radius 2 is 1.92 bits per heavy atom. The van der Waals surface area contributed by atoms with Crippen molar-refractivity contribution in [2.75, 3.05) is 6.54 Å². The van der Waals surface area contributed by atoms with Crippen molar-refractivity contribution in [3.05, 3.63) is 57.8 Å². The summed E-state index contributed by atoms with van der Waals surface area (Å²) in [6.45, 7) is 5.50. The zero-order chi connectivity index (χ0) is 18.5. The molecule has 2 aromatic rings. The molecule has 2 heterocycles. The average Bonchev–Trinajstić information content (AvgIpc) is 3.12. The van der Waals surface area contributed by atoms with Crippen molar-refractivity contribution in [3.8, 4) is 0 Å². The van der Waals surface area contributed by atoms with Gasteiger partial charge in [0, 0.05) is 18.0 Å². The summed E-state index contributed by atoms with van der Waals surface area (Å²) in [5.41, 5.74) is 2.53. The van der Waals surface area contributed by atoms with Gasteiger partial charge in [0.15, 0.2) is 0 Å². The highest BCUT2D eigenvalue weighted by molar-refractivity contribution is 7.10. The molecule has 1 aromatic carbocycles. The number of fused-ring (bicyclic) bond motifs is 1. The lowest BCUT2D eigenvalue weighted by Crippen LogP contribution is -2.50. The highest BCUT2D eigenvalue weighted by atomic mass is 32.1. The molecule has 0 fully saturated rings. The second kappa shape index (κ2) is 8.49. The molecule has 0 radical (unpaired) electrons. The molecule has 0 saturated heterocycles. The van der Waals surface area contributed by atoms with E-state index in [0.717, 1.165) is 11.3 Å². The maximum Gasteiger partial charge on any atom is 0.245 e. The van der Waals surface area contributed by atoms with E-state index in [1.165, 1.54) is 11.1 Å². The SMILES string of the molecule is CC(C)C[C@@H](NC(=O)Cc1cccs1)C(=O)N1CCc2ccccc2C1. The van der Waals surface area contributed by atoms with Crippen LogP contribution in [0.2, 0.25) is 0 Å². The molecule has 0 spiro atoms. The normalized spacial score (nSPS) is 14.8. The molecule has 1 aliphatic heterocycles. The summed E-state index contributed by atoms with van der Waals surface area (Å²) < 4.78 is 0. The molecule has 1 atom stereocenters. The number of carbonyl (C=O) groups excluding carboxylic acids is 2. The predicted octanol–water partition coefficient (Wildman–Crippen LogP) is 3.41. The van der Waals surface area contributed by atoms with Crippen LogP contribution in [0.4, 0.5) is 0 Å². The summed E-state index contributed by atoms with van der Waals surface area (Å²) >= 11 is 1.56. The molecule has 0 unspecified atom stereocenters. The minimum absolute atomic E-state index is 0.0349. The number of thiophene rings is 1. The topological polar surface area (TPSA) is 49.4 Å². The Bertz CT molecular complexity index is 755. The van der Waals surface area contributed by atoms with Crippen molar-refractivity contribution in [1.82, 2.24) is 10.2 Å². The molecular formula is C21H26N2O2S. The first kappa shape index (κ1) is 18.6. The maximum absolute atomic E-state index is 13.1. The fraction of sp³-hybridized carbons (Fsp3) is 0.429. The van der Waals surface area contributed by atoms with E-state index in [9.17, 15) is 9.59 Å². The van der Waals surface area contributed by atoms with Crippen molar-refractivity contribution in [2.45, 2.75) is 45.7 Å². The molecule has 1 N–H and O–H groups in total. The Kier molecular flexibility index (Phi) is 6.09. The Morgan fingerprint density at radius 3 is 2.62 bits per heavy atom. The number of benzene rings is 1. The second-order valence-corrected chi connectivity index (χ2v) is 8.32. The molecule has 2 amide bonds. The molecule has 0 saturated carbocycles. The van der Waals surface area contributed by atoms with Gasteiger partial charge < -0.3 is 10.2 Å². The Hall–Kier alpha value is -2.14. The lowest BCUT2D eigenvalue weighted by atomic mass is 9.97. The Labute approximate surface area is 159 Å². The highest BCUT2D eigenvalue weighted by Gasteiger charge is 2.29. The van der Waals surface area contributed by atoms with E-state index >= 15 is 0 Å². The molecule has 26 heavy (non-hydrogen) atoms. The summed E-state index contributed by atoms with van der Waals surface area (Å²) in [6.07, 6.45) is 1.87. The molecule has 4 nitrogen and oxygen atoms in total. The lowest BCUT2D eigenvalue weighted by molar-refractivity contribution is -0.137. The number of nitrogens with zero attached hydrogens (tertiary/aromatic N) is 1. The average molecular weight is 371 g/mol. The van der Waals surface area contributed by atoms with Crippen molar-refractivity contribution in [2.24, 2.45) is 5.92 Å². The van der Waals surface area contributed by atoms with Gasteiger partial charge in [-0.25, -0.2) is 0 Å². The Morgan fingerprint density at radius 1 is 1.15 bits per heavy atom. The molecule has 0 aliphatic carbocycles. The van der Waals surface area contributed by atoms with Crippen LogP contribution in [0.25, 0.3) is 0 Å². The lowest BCUT2D eigenvalue weighted by Gasteiger charge is -2.32. The van der Waals surface area contributed by atoms with Gasteiger partial charge in [0.2, 0.25) is 11.8 Å². The summed E-state index contributed by atoms with van der Waals surface area (Å²) in [5, 5.41) is 4.95. The Balaban J connectivity index is 1.66. The van der Waals surface area contributed by atoms with Gasteiger partial charge in [0.05, 0.1) is 6.42 Å². The third-order valence-corrected chi connectivity index (χ3v) is 5.57. The first-order chi connectivity index (χ1) is 12.5. The van der Waals surface area contributed by atoms with Gasteiger partial charge in [0.1, 0.15) is 6.04 Å². The number of nitrogens with one attached hydrogen (secondary N) is 1. The number of carbonyl (C=O) groups is 2. The zero-order valence-corrected chi connectivity index (χ0v) is 16.2. The maximum atomic E-state index is 13.1. The van der Waals surface area contributed by atoms with E-state index in [0.29, 0.717) is 31.8 Å². The van der Waals surface area contributed by atoms with Crippen molar-refractivity contribution in [1.29, 1.82) is 0 Å². The molecule has 5 heteroatoms. The van der Waals surface area contributed by atoms with Crippen LogP contribution in [0.15, 0.2) is 41.8 Å². The second-order valence-electron chi connectivity index (χ2n) is 7.28. The molecule has 1 aliphatic rings. The van der Waals surface area contributed by atoms with E-state index in [2.05, 4.69) is 31.3 Å². The van der Waals surface area contributed by atoms with Gasteiger partial charge in [-0.3, -0.25) is 9.59 Å². The van der Waals surface area contributed by atoms with E-state index in [1.807, 2.05) is 34.5 Å². The molecule has 3 rings (SSSR count). The number of amides is 2. The van der Waals surface area contributed by atoms with Gasteiger partial charge in [-0.1, -0.05) is 44.2 Å². The number of hydrogen-bond acceptors (Lipinski definition) is 3. The third kappa shape index (κ3) is 4.73. The summed E-state index contributed by atoms with van der Waals surface area (Å²) in [6, 6.07) is 11.7. The first-order valence-corrected chi connectivity index (χ1v) is 10.1. The zero-order valence-electron chi connectivity index (χ0n) is 15.4. The minimum atomic E-state index is -0.451. The molecule has 1 aromatic heterocycles. The number of rotatable bonds is 6. The van der Waals surface area contributed by atoms with Gasteiger partial charge in [-0.05, 0) is 41.3 Å². The quantitative estimate of drug-likeness (QED) is 0.847. The highest BCUT2D eigenvalue weighted by Crippen LogP contribution is 2.20. The fourth-order valence-corrected chi connectivity index (χ4v) is 4.12. The van der Waals surface area contributed by atoms with Crippen LogP contribution in [-0.2, 0) is 29.0 Å². The van der Waals surface area contributed by atoms with Crippen LogP contribution in [0.1, 0.15) is 36.3 Å². The fourth-order valence-electron chi connectivity index (χ4n) is 3.41. The van der Waals surface area contributed by atoms with Crippen LogP contribution in [0, 0.1) is 5.92 Å². The summed E-state index contributed by atoms with van der Waals surface area (Å²) in [7, 11) is 0. The summed E-state index contributed by atoms with van der Waals surface area (Å²) in [4.78, 5) is 28.4. The van der Waals surface area contributed by atoms with Crippen molar-refractivity contribution >= 4 is 23.2 Å². The van der Waals surface area contributed by atoms with E-state index in [4.69, 9.17) is 0 Å². The van der Waals surface area contributed by atoms with E-state index < -0.39 is 6.04 Å². The summed E-state index contributed by atoms with van der Waals surface area (Å²) in [5.74, 6) is 0.291. The smallest absolute Gasteiger partial charge is 0.245 e. The van der Waals surface area contributed by atoms with Crippen LogP contribution < -0.4 is 5.32 Å². The van der Waals surface area contributed by atoms with Gasteiger partial charge >= 0.3 is 0 Å². The van der Waals surface area contributed by atoms with Crippen LogP contribution >= 0.6 is 11.3 Å². The van der Waals surface area contributed by atoms with Gasteiger partial charge in [-0.15, -0.1) is 11.3 Å². The van der Waals surface area contributed by atoms with Crippen LogP contribution in [0.5, 0.6) is 0 Å². The largest absolute Gasteiger partial charge is 0.344 e. The van der Waals surface area contributed by atoms with Crippen molar-refractivity contribution in [3.63, 3.8) is 0 Å². The molecule has 0 bridgehead atoms. The standard InChI is InChI=1S/C21H26N2O2S/c1-15(2)12-19(22-20(24)13-18-8-5-11-26-18)21(25)23-10-9-16-6-3-4-7-17(16)14-23/h3-8,11,15,19H,9-10,12-14H2,1-2H3,(H,22,24)/t19-/m1/s1. The van der Waals surface area contributed by atoms with Crippen molar-refractivity contribution < 1.29 is 9.59 Å². The first-order valence-electron chi connectivity index (χ1n) is 9.20. The molecular weight excluding hydrogens is 344 g/mol. The van der Waals surface area contributed by atoms with E-state index in [1.54, 1.807) is 11.3 Å². The van der Waals surface area contributed by atoms with Gasteiger partial charge in [-0.2, -0.15) is 0 Å².